The quantitative estimate of drug-likeness (QED) is 0.623. The molecule has 1 heterocycles. The Kier molecular flexibility index (Phi) is 5.47. The number of non-ortho nitro benzene ring substituents is 1. The normalized spacial score (nSPS) is 24.2. The maximum atomic E-state index is 12.4. The Labute approximate surface area is 148 Å². The minimum atomic E-state index is -0.465. The lowest BCUT2D eigenvalue weighted by molar-refractivity contribution is -0.384. The fourth-order valence-electron chi connectivity index (χ4n) is 3.47. The molecule has 3 rings (SSSR count). The van der Waals surface area contributed by atoms with Crippen molar-refractivity contribution in [3.8, 4) is 0 Å². The lowest BCUT2D eigenvalue weighted by Crippen LogP contribution is -2.54. The molecule has 1 N–H and O–H groups in total. The number of amides is 1. The van der Waals surface area contributed by atoms with Gasteiger partial charge in [-0.05, 0) is 34.8 Å². The number of fused-ring (bicyclic) bond motifs is 1. The van der Waals surface area contributed by atoms with Gasteiger partial charge in [-0.15, -0.1) is 0 Å². The van der Waals surface area contributed by atoms with E-state index < -0.39 is 4.92 Å². The number of hydrogen-bond acceptors (Lipinski definition) is 5. The maximum absolute atomic E-state index is 12.4. The number of carbonyl (C=O) groups excluding carboxylic acids is 1. The molecule has 130 valence electrons. The van der Waals surface area contributed by atoms with Gasteiger partial charge < -0.3 is 10.1 Å². The van der Waals surface area contributed by atoms with Crippen molar-refractivity contribution in [2.24, 2.45) is 0 Å². The third-order valence-electron chi connectivity index (χ3n) is 4.63. The van der Waals surface area contributed by atoms with Gasteiger partial charge in [0.15, 0.2) is 0 Å². The van der Waals surface area contributed by atoms with Crippen molar-refractivity contribution >= 4 is 33.2 Å². The highest BCUT2D eigenvalue weighted by Gasteiger charge is 2.34. The molecule has 0 bridgehead atoms. The molecular weight excluding hydrogens is 378 g/mol. The summed E-state index contributed by atoms with van der Waals surface area (Å²) in [7, 11) is 0. The Morgan fingerprint density at radius 1 is 1.42 bits per heavy atom. The summed E-state index contributed by atoms with van der Waals surface area (Å²) >= 11 is 3.27. The van der Waals surface area contributed by atoms with E-state index in [-0.39, 0.29) is 17.7 Å². The summed E-state index contributed by atoms with van der Waals surface area (Å²) in [6.45, 7) is 1.74. The monoisotopic (exact) mass is 397 g/mol. The summed E-state index contributed by atoms with van der Waals surface area (Å²) in [6, 6.07) is 4.63. The van der Waals surface area contributed by atoms with Crippen molar-refractivity contribution in [1.82, 2.24) is 4.90 Å². The molecule has 1 aliphatic heterocycles. The van der Waals surface area contributed by atoms with Gasteiger partial charge in [0.05, 0.1) is 29.9 Å². The Hall–Kier alpha value is -1.51. The molecule has 2 fully saturated rings. The predicted molar refractivity (Wildman–Crippen MR) is 93.0 cm³/mol. The van der Waals surface area contributed by atoms with Crippen molar-refractivity contribution in [2.45, 2.75) is 37.8 Å². The van der Waals surface area contributed by atoms with Crippen LogP contribution >= 0.6 is 15.9 Å². The summed E-state index contributed by atoms with van der Waals surface area (Å²) in [4.78, 5) is 24.9. The van der Waals surface area contributed by atoms with Crippen molar-refractivity contribution in [3.63, 3.8) is 0 Å². The van der Waals surface area contributed by atoms with Crippen LogP contribution in [0.5, 0.6) is 0 Å². The second-order valence-electron chi connectivity index (χ2n) is 6.20. The van der Waals surface area contributed by atoms with E-state index in [2.05, 4.69) is 26.1 Å². The molecule has 1 amide bonds. The fourth-order valence-corrected chi connectivity index (χ4v) is 3.93. The van der Waals surface area contributed by atoms with E-state index in [9.17, 15) is 14.9 Å². The van der Waals surface area contributed by atoms with Gasteiger partial charge in [0, 0.05) is 29.2 Å². The first-order valence-electron chi connectivity index (χ1n) is 8.14. The Morgan fingerprint density at radius 2 is 2.21 bits per heavy atom. The molecule has 1 aromatic rings. The van der Waals surface area contributed by atoms with Crippen LogP contribution in [0.25, 0.3) is 0 Å². The average molecular weight is 398 g/mol. The summed E-state index contributed by atoms with van der Waals surface area (Å²) in [6.07, 6.45) is 4.75. The third kappa shape index (κ3) is 3.93. The Bertz CT molecular complexity index is 638. The third-order valence-corrected chi connectivity index (χ3v) is 5.29. The van der Waals surface area contributed by atoms with Crippen molar-refractivity contribution < 1.29 is 14.5 Å². The molecular formula is C16H20BrN3O4. The lowest BCUT2D eigenvalue weighted by Gasteiger charge is -2.43. The van der Waals surface area contributed by atoms with Crippen LogP contribution in [-0.2, 0) is 9.53 Å². The van der Waals surface area contributed by atoms with Gasteiger partial charge >= 0.3 is 0 Å². The summed E-state index contributed by atoms with van der Waals surface area (Å²) < 4.78 is 6.32. The van der Waals surface area contributed by atoms with E-state index in [0.29, 0.717) is 29.4 Å². The number of nitro benzene ring substituents is 1. The number of halogens is 1. The largest absolute Gasteiger partial charge is 0.375 e. The number of benzene rings is 1. The number of morpholine rings is 1. The topological polar surface area (TPSA) is 84.7 Å². The number of nitro groups is 1. The highest BCUT2D eigenvalue weighted by molar-refractivity contribution is 9.10. The summed E-state index contributed by atoms with van der Waals surface area (Å²) in [5.41, 5.74) is 0.525. The number of nitrogens with zero attached hydrogens (tertiary/aromatic N) is 2. The van der Waals surface area contributed by atoms with Gasteiger partial charge in [0.2, 0.25) is 5.91 Å². The first-order chi connectivity index (χ1) is 11.5. The molecule has 2 aliphatic rings. The van der Waals surface area contributed by atoms with E-state index in [1.807, 2.05) is 0 Å². The molecule has 1 saturated carbocycles. The van der Waals surface area contributed by atoms with Gasteiger partial charge in [0.1, 0.15) is 0 Å². The molecule has 0 radical (unpaired) electrons. The van der Waals surface area contributed by atoms with Gasteiger partial charge in [-0.3, -0.25) is 19.8 Å². The smallest absolute Gasteiger partial charge is 0.270 e. The molecule has 0 aromatic heterocycles. The van der Waals surface area contributed by atoms with E-state index in [1.165, 1.54) is 25.0 Å². The average Bonchev–Trinajstić information content (AvgIpc) is 2.57. The molecule has 1 saturated heterocycles. The number of nitrogens with one attached hydrogen (secondary N) is 1. The van der Waals surface area contributed by atoms with Crippen LogP contribution in [-0.4, -0.2) is 47.6 Å². The van der Waals surface area contributed by atoms with Crippen molar-refractivity contribution in [1.29, 1.82) is 0 Å². The van der Waals surface area contributed by atoms with E-state index in [0.717, 1.165) is 19.4 Å². The summed E-state index contributed by atoms with van der Waals surface area (Å²) in [5, 5.41) is 13.6. The molecule has 2 unspecified atom stereocenters. The predicted octanol–water partition coefficient (Wildman–Crippen LogP) is 2.94. The molecule has 24 heavy (non-hydrogen) atoms. The Balaban J connectivity index is 1.62. The molecule has 2 atom stereocenters. The fraction of sp³-hybridized carbons (Fsp3) is 0.562. The van der Waals surface area contributed by atoms with Gasteiger partial charge in [-0.1, -0.05) is 12.8 Å². The molecule has 7 nitrogen and oxygen atoms in total. The first kappa shape index (κ1) is 17.3. The molecule has 0 spiro atoms. The summed E-state index contributed by atoms with van der Waals surface area (Å²) in [5.74, 6) is -0.115. The minimum Gasteiger partial charge on any atom is -0.375 e. The molecule has 8 heteroatoms. The highest BCUT2D eigenvalue weighted by atomic mass is 79.9. The Morgan fingerprint density at radius 3 is 2.96 bits per heavy atom. The maximum Gasteiger partial charge on any atom is 0.270 e. The van der Waals surface area contributed by atoms with Gasteiger partial charge in [-0.25, -0.2) is 0 Å². The number of anilines is 1. The van der Waals surface area contributed by atoms with Crippen LogP contribution < -0.4 is 5.32 Å². The number of ether oxygens (including phenoxy) is 1. The number of carbonyl (C=O) groups is 1. The van der Waals surface area contributed by atoms with E-state index >= 15 is 0 Å². The zero-order chi connectivity index (χ0) is 17.1. The van der Waals surface area contributed by atoms with E-state index in [1.54, 1.807) is 6.07 Å². The SMILES string of the molecule is O=C(CN1CCOC2CCCCC21)Nc1ccc([N+](=O)[O-])cc1Br. The van der Waals surface area contributed by atoms with Gasteiger partial charge in [0.25, 0.3) is 5.69 Å². The number of rotatable bonds is 4. The zero-order valence-electron chi connectivity index (χ0n) is 13.2. The number of hydrogen-bond donors (Lipinski definition) is 1. The standard InChI is InChI=1S/C16H20BrN3O4/c17-12-9-11(20(22)23)5-6-13(12)18-16(21)10-19-7-8-24-15-4-2-1-3-14(15)19/h5-6,9,14-15H,1-4,7-8,10H2,(H,18,21). The van der Waals surface area contributed by atoms with Crippen LogP contribution in [0.1, 0.15) is 25.7 Å². The van der Waals surface area contributed by atoms with Crippen LogP contribution in [0.15, 0.2) is 22.7 Å². The van der Waals surface area contributed by atoms with Crippen LogP contribution in [0.4, 0.5) is 11.4 Å². The van der Waals surface area contributed by atoms with E-state index in [4.69, 9.17) is 4.74 Å². The van der Waals surface area contributed by atoms with Crippen molar-refractivity contribution in [2.75, 3.05) is 25.0 Å². The minimum absolute atomic E-state index is 0.0156. The highest BCUT2D eigenvalue weighted by Crippen LogP contribution is 2.29. The van der Waals surface area contributed by atoms with Crippen molar-refractivity contribution in [3.05, 3.63) is 32.8 Å². The lowest BCUT2D eigenvalue weighted by atomic mass is 9.90. The molecule has 1 aromatic carbocycles. The van der Waals surface area contributed by atoms with Crippen LogP contribution in [0.3, 0.4) is 0 Å². The molecule has 1 aliphatic carbocycles. The zero-order valence-corrected chi connectivity index (χ0v) is 14.8. The van der Waals surface area contributed by atoms with Crippen LogP contribution in [0, 0.1) is 10.1 Å². The second-order valence-corrected chi connectivity index (χ2v) is 7.06. The van der Waals surface area contributed by atoms with Crippen LogP contribution in [0.2, 0.25) is 0 Å². The first-order valence-corrected chi connectivity index (χ1v) is 8.93. The van der Waals surface area contributed by atoms with Gasteiger partial charge in [-0.2, -0.15) is 0 Å². The second kappa shape index (κ2) is 7.58.